The molecule has 0 aliphatic heterocycles. The molecule has 3 unspecified atom stereocenters. The lowest BCUT2D eigenvalue weighted by molar-refractivity contribution is -0.117. The van der Waals surface area contributed by atoms with Crippen LogP contribution in [0, 0.1) is 11.8 Å². The van der Waals surface area contributed by atoms with Gasteiger partial charge in [-0.3, -0.25) is 4.79 Å². The Balaban J connectivity index is 1.97. The number of fused-ring (bicyclic) bond motifs is 1. The Labute approximate surface area is 105 Å². The number of ketones is 1. The fourth-order valence-electron chi connectivity index (χ4n) is 3.40. The highest BCUT2D eigenvalue weighted by Gasteiger charge is 2.36. The van der Waals surface area contributed by atoms with Crippen LogP contribution in [0.5, 0.6) is 0 Å². The van der Waals surface area contributed by atoms with Gasteiger partial charge in [-0.15, -0.1) is 0 Å². The number of hydrogen-bond donors (Lipinski definition) is 0. The van der Waals surface area contributed by atoms with E-state index in [1.165, 1.54) is 30.4 Å². The van der Waals surface area contributed by atoms with E-state index in [1.807, 2.05) is 0 Å². The largest absolute Gasteiger partial charge is 0.294 e. The van der Waals surface area contributed by atoms with Crippen molar-refractivity contribution in [2.75, 3.05) is 0 Å². The van der Waals surface area contributed by atoms with Crippen molar-refractivity contribution < 1.29 is 4.79 Å². The van der Waals surface area contributed by atoms with Crippen molar-refractivity contribution in [3.8, 4) is 0 Å². The van der Waals surface area contributed by atoms with Crippen LogP contribution in [0.2, 0.25) is 0 Å². The van der Waals surface area contributed by atoms with Gasteiger partial charge in [-0.1, -0.05) is 46.5 Å². The second-order valence-corrected chi connectivity index (χ2v) is 6.54. The van der Waals surface area contributed by atoms with E-state index >= 15 is 0 Å². The minimum Gasteiger partial charge on any atom is -0.294 e. The quantitative estimate of drug-likeness (QED) is 0.617. The summed E-state index contributed by atoms with van der Waals surface area (Å²) in [5.74, 6) is 1.33. The van der Waals surface area contributed by atoms with Gasteiger partial charge in [-0.05, 0) is 31.6 Å². The number of Topliss-reactive ketones (excluding diaryl/α,β-unsaturated/α-hetero) is 1. The van der Waals surface area contributed by atoms with Gasteiger partial charge < -0.3 is 0 Å². The number of allylic oxidation sites excluding steroid dienone is 4. The Kier molecular flexibility index (Phi) is 2.58. The standard InChI is InChI=1S/C14H17BrO/c1-8-5-10-6-9-3-2-4-13(15)11(9)7-12(10)14(8)16/h7-9,13H,2-6H2,1H3. The molecule has 0 spiro atoms. The average molecular weight is 281 g/mol. The van der Waals surface area contributed by atoms with E-state index in [0.29, 0.717) is 10.6 Å². The summed E-state index contributed by atoms with van der Waals surface area (Å²) in [6, 6.07) is 0. The third-order valence-corrected chi connectivity index (χ3v) is 5.28. The van der Waals surface area contributed by atoms with Crippen molar-refractivity contribution in [3.05, 3.63) is 22.8 Å². The van der Waals surface area contributed by atoms with Gasteiger partial charge in [0.05, 0.1) is 0 Å². The average Bonchev–Trinajstić information content (AvgIpc) is 2.53. The Morgan fingerprint density at radius 2 is 2.12 bits per heavy atom. The topological polar surface area (TPSA) is 17.1 Å². The second kappa shape index (κ2) is 3.83. The molecule has 0 radical (unpaired) electrons. The van der Waals surface area contributed by atoms with Crippen LogP contribution in [0.1, 0.15) is 39.0 Å². The van der Waals surface area contributed by atoms with Crippen LogP contribution < -0.4 is 0 Å². The molecule has 0 aromatic carbocycles. The van der Waals surface area contributed by atoms with Crippen molar-refractivity contribution in [1.29, 1.82) is 0 Å². The molecule has 0 bridgehead atoms. The van der Waals surface area contributed by atoms with Crippen LogP contribution in [0.15, 0.2) is 22.8 Å². The Morgan fingerprint density at radius 3 is 2.94 bits per heavy atom. The maximum absolute atomic E-state index is 12.0. The SMILES string of the molecule is CC1CC2=C(C=C3C(Br)CCCC3C2)C1=O. The van der Waals surface area contributed by atoms with Gasteiger partial charge in [0, 0.05) is 16.3 Å². The molecule has 0 heterocycles. The van der Waals surface area contributed by atoms with Gasteiger partial charge >= 0.3 is 0 Å². The molecule has 0 aromatic rings. The van der Waals surface area contributed by atoms with Crippen LogP contribution in [0.3, 0.4) is 0 Å². The lowest BCUT2D eigenvalue weighted by Gasteiger charge is -2.33. The first-order valence-electron chi connectivity index (χ1n) is 6.28. The van der Waals surface area contributed by atoms with Crippen LogP contribution in [-0.4, -0.2) is 10.6 Å². The first kappa shape index (κ1) is 10.8. The zero-order chi connectivity index (χ0) is 11.3. The lowest BCUT2D eigenvalue weighted by Crippen LogP contribution is -2.22. The Bertz CT molecular complexity index is 405. The normalized spacial score (nSPS) is 38.2. The first-order valence-corrected chi connectivity index (χ1v) is 7.20. The molecule has 1 fully saturated rings. The highest BCUT2D eigenvalue weighted by molar-refractivity contribution is 9.09. The minimum absolute atomic E-state index is 0.232. The van der Waals surface area contributed by atoms with Crippen molar-refractivity contribution in [3.63, 3.8) is 0 Å². The monoisotopic (exact) mass is 280 g/mol. The molecule has 0 aromatic heterocycles. The van der Waals surface area contributed by atoms with Crippen molar-refractivity contribution in [1.82, 2.24) is 0 Å². The molecular formula is C14H17BrO. The Hall–Kier alpha value is -0.370. The molecule has 1 nitrogen and oxygen atoms in total. The Morgan fingerprint density at radius 1 is 1.31 bits per heavy atom. The van der Waals surface area contributed by atoms with E-state index in [0.717, 1.165) is 24.3 Å². The molecule has 86 valence electrons. The lowest BCUT2D eigenvalue weighted by atomic mass is 9.76. The molecule has 1 saturated carbocycles. The molecule has 16 heavy (non-hydrogen) atoms. The van der Waals surface area contributed by atoms with Crippen molar-refractivity contribution >= 4 is 21.7 Å². The number of carbonyl (C=O) groups is 1. The van der Waals surface area contributed by atoms with Crippen LogP contribution >= 0.6 is 15.9 Å². The second-order valence-electron chi connectivity index (χ2n) is 5.43. The van der Waals surface area contributed by atoms with Gasteiger partial charge in [-0.2, -0.15) is 0 Å². The zero-order valence-electron chi connectivity index (χ0n) is 9.63. The number of halogens is 1. The molecule has 3 atom stereocenters. The molecular weight excluding hydrogens is 264 g/mol. The van der Waals surface area contributed by atoms with Crippen LogP contribution in [0.25, 0.3) is 0 Å². The van der Waals surface area contributed by atoms with Crippen LogP contribution in [-0.2, 0) is 4.79 Å². The smallest absolute Gasteiger partial charge is 0.165 e. The van der Waals surface area contributed by atoms with Gasteiger partial charge in [0.1, 0.15) is 0 Å². The summed E-state index contributed by atoms with van der Waals surface area (Å²) in [7, 11) is 0. The number of alkyl halides is 1. The van der Waals surface area contributed by atoms with E-state index in [1.54, 1.807) is 0 Å². The summed E-state index contributed by atoms with van der Waals surface area (Å²) >= 11 is 3.76. The van der Waals surface area contributed by atoms with Crippen molar-refractivity contribution in [2.24, 2.45) is 11.8 Å². The van der Waals surface area contributed by atoms with E-state index in [9.17, 15) is 4.79 Å². The highest BCUT2D eigenvalue weighted by Crippen LogP contribution is 2.46. The molecule has 0 N–H and O–H groups in total. The number of hydrogen-bond acceptors (Lipinski definition) is 1. The number of carbonyl (C=O) groups excluding carboxylic acids is 1. The molecule has 3 aliphatic carbocycles. The maximum atomic E-state index is 12.0. The third-order valence-electron chi connectivity index (χ3n) is 4.29. The zero-order valence-corrected chi connectivity index (χ0v) is 11.2. The molecule has 0 saturated heterocycles. The van der Waals surface area contributed by atoms with Crippen molar-refractivity contribution in [2.45, 2.75) is 43.9 Å². The summed E-state index contributed by atoms with van der Waals surface area (Å²) in [6.07, 6.45) is 8.25. The molecule has 3 aliphatic rings. The maximum Gasteiger partial charge on any atom is 0.165 e. The van der Waals surface area contributed by atoms with E-state index in [4.69, 9.17) is 0 Å². The fourth-order valence-corrected chi connectivity index (χ4v) is 4.23. The highest BCUT2D eigenvalue weighted by atomic mass is 79.9. The van der Waals surface area contributed by atoms with E-state index in [2.05, 4.69) is 28.9 Å². The molecule has 3 rings (SSSR count). The fraction of sp³-hybridized carbons (Fsp3) is 0.643. The third kappa shape index (κ3) is 1.54. The summed E-state index contributed by atoms with van der Waals surface area (Å²) in [5, 5.41) is 0. The van der Waals surface area contributed by atoms with Gasteiger partial charge in [0.25, 0.3) is 0 Å². The summed E-state index contributed by atoms with van der Waals surface area (Å²) in [6.45, 7) is 2.06. The predicted octanol–water partition coefficient (Wildman–Crippen LogP) is 3.79. The summed E-state index contributed by atoms with van der Waals surface area (Å²) in [5.41, 5.74) is 3.99. The van der Waals surface area contributed by atoms with E-state index in [-0.39, 0.29) is 5.92 Å². The van der Waals surface area contributed by atoms with Gasteiger partial charge in [0.15, 0.2) is 5.78 Å². The first-order chi connectivity index (χ1) is 7.66. The molecule has 0 amide bonds. The summed E-state index contributed by atoms with van der Waals surface area (Å²) < 4.78 is 0. The minimum atomic E-state index is 0.232. The predicted molar refractivity (Wildman–Crippen MR) is 68.6 cm³/mol. The van der Waals surface area contributed by atoms with Gasteiger partial charge in [-0.25, -0.2) is 0 Å². The van der Waals surface area contributed by atoms with Gasteiger partial charge in [0.2, 0.25) is 0 Å². The number of rotatable bonds is 0. The van der Waals surface area contributed by atoms with E-state index < -0.39 is 0 Å². The molecule has 2 heteroatoms. The summed E-state index contributed by atoms with van der Waals surface area (Å²) in [4.78, 5) is 12.5. The van der Waals surface area contributed by atoms with Crippen LogP contribution in [0.4, 0.5) is 0 Å².